The summed E-state index contributed by atoms with van der Waals surface area (Å²) < 4.78 is 0. The number of nitrogens with one attached hydrogen (secondary N) is 1. The number of nitro groups is 1. The van der Waals surface area contributed by atoms with Crippen LogP contribution in [-0.4, -0.2) is 23.2 Å². The van der Waals surface area contributed by atoms with E-state index in [1.807, 2.05) is 13.8 Å². The van der Waals surface area contributed by atoms with Crippen LogP contribution in [0.25, 0.3) is 0 Å². The second kappa shape index (κ2) is 5.01. The minimum absolute atomic E-state index is 0.0580. The second-order valence-electron chi connectivity index (χ2n) is 4.71. The van der Waals surface area contributed by atoms with Crippen LogP contribution in [0, 0.1) is 15.5 Å². The maximum Gasteiger partial charge on any atom is 0.292 e. The van der Waals surface area contributed by atoms with Gasteiger partial charge in [-0.1, -0.05) is 13.8 Å². The van der Waals surface area contributed by atoms with Gasteiger partial charge in [0.15, 0.2) is 0 Å². The molecule has 0 aromatic heterocycles. The largest absolute Gasteiger partial charge is 0.396 e. The SMILES string of the molecule is CC(C)(CO)CNc1ccc([N+](=O)[O-])c(N)c1. The predicted octanol–water partition coefficient (Wildman–Crippen LogP) is 1.61. The normalized spacial score (nSPS) is 11.2. The Hall–Kier alpha value is -1.82. The van der Waals surface area contributed by atoms with E-state index in [1.165, 1.54) is 12.1 Å². The number of nitro benzene ring substituents is 1. The van der Waals surface area contributed by atoms with E-state index in [4.69, 9.17) is 10.8 Å². The Balaban J connectivity index is 2.75. The number of anilines is 2. The Labute approximate surface area is 99.6 Å². The zero-order valence-corrected chi connectivity index (χ0v) is 9.93. The van der Waals surface area contributed by atoms with Gasteiger partial charge in [0.05, 0.1) is 4.92 Å². The highest BCUT2D eigenvalue weighted by Crippen LogP contribution is 2.25. The van der Waals surface area contributed by atoms with Gasteiger partial charge in [0.2, 0.25) is 0 Å². The molecule has 6 heteroatoms. The number of nitrogen functional groups attached to an aromatic ring is 1. The topological polar surface area (TPSA) is 101 Å². The standard InChI is InChI=1S/C11H17N3O3/c1-11(2,7-15)6-13-8-3-4-10(14(16)17)9(12)5-8/h3-5,13,15H,6-7,12H2,1-2H3. The molecular weight excluding hydrogens is 222 g/mol. The number of aliphatic hydroxyl groups excluding tert-OH is 1. The maximum absolute atomic E-state index is 10.6. The zero-order valence-electron chi connectivity index (χ0n) is 9.93. The van der Waals surface area contributed by atoms with Crippen LogP contribution in [0.4, 0.5) is 17.1 Å². The molecule has 4 N–H and O–H groups in total. The third-order valence-corrected chi connectivity index (χ3v) is 2.42. The third kappa shape index (κ3) is 3.60. The van der Waals surface area contributed by atoms with Crippen molar-refractivity contribution in [3.05, 3.63) is 28.3 Å². The minimum atomic E-state index is -0.517. The van der Waals surface area contributed by atoms with Gasteiger partial charge in [-0.15, -0.1) is 0 Å². The fourth-order valence-corrected chi connectivity index (χ4v) is 1.23. The number of benzene rings is 1. The highest BCUT2D eigenvalue weighted by Gasteiger charge is 2.17. The molecular formula is C11H17N3O3. The van der Waals surface area contributed by atoms with Gasteiger partial charge in [0, 0.05) is 30.3 Å². The zero-order chi connectivity index (χ0) is 13.1. The van der Waals surface area contributed by atoms with E-state index in [0.717, 1.165) is 0 Å². The van der Waals surface area contributed by atoms with Crippen molar-refractivity contribution >= 4 is 17.1 Å². The number of hydrogen-bond donors (Lipinski definition) is 3. The van der Waals surface area contributed by atoms with Gasteiger partial charge >= 0.3 is 0 Å². The molecule has 0 fully saturated rings. The van der Waals surface area contributed by atoms with Crippen LogP contribution in [0.3, 0.4) is 0 Å². The lowest BCUT2D eigenvalue weighted by molar-refractivity contribution is -0.383. The quantitative estimate of drug-likeness (QED) is 0.411. The maximum atomic E-state index is 10.6. The summed E-state index contributed by atoms with van der Waals surface area (Å²) in [5.74, 6) is 0. The molecule has 0 amide bonds. The molecule has 6 nitrogen and oxygen atoms in total. The average molecular weight is 239 g/mol. The van der Waals surface area contributed by atoms with Gasteiger partial charge in [-0.2, -0.15) is 0 Å². The first-order chi connectivity index (χ1) is 7.85. The number of rotatable bonds is 5. The lowest BCUT2D eigenvalue weighted by atomic mass is 9.95. The average Bonchev–Trinajstić information content (AvgIpc) is 2.26. The first-order valence-electron chi connectivity index (χ1n) is 5.24. The molecule has 17 heavy (non-hydrogen) atoms. The van der Waals surface area contributed by atoms with Crippen molar-refractivity contribution in [3.63, 3.8) is 0 Å². The van der Waals surface area contributed by atoms with Crippen molar-refractivity contribution in [1.29, 1.82) is 0 Å². The number of aliphatic hydroxyl groups is 1. The van der Waals surface area contributed by atoms with Gasteiger partial charge in [-0.25, -0.2) is 0 Å². The van der Waals surface area contributed by atoms with Crippen molar-refractivity contribution in [3.8, 4) is 0 Å². The summed E-state index contributed by atoms with van der Waals surface area (Å²) in [6.45, 7) is 4.44. The molecule has 0 heterocycles. The summed E-state index contributed by atoms with van der Waals surface area (Å²) >= 11 is 0. The molecule has 0 spiro atoms. The van der Waals surface area contributed by atoms with E-state index in [0.29, 0.717) is 12.2 Å². The summed E-state index contributed by atoms with van der Waals surface area (Å²) in [5.41, 5.74) is 6.04. The van der Waals surface area contributed by atoms with Crippen LogP contribution in [0.2, 0.25) is 0 Å². The molecule has 1 rings (SSSR count). The Bertz CT molecular complexity index is 418. The molecule has 0 unspecified atom stereocenters. The summed E-state index contributed by atoms with van der Waals surface area (Å²) in [6.07, 6.45) is 0. The molecule has 0 radical (unpaired) electrons. The summed E-state index contributed by atoms with van der Waals surface area (Å²) in [5, 5.41) is 22.7. The fourth-order valence-electron chi connectivity index (χ4n) is 1.23. The Kier molecular flexibility index (Phi) is 3.90. The van der Waals surface area contributed by atoms with Gasteiger partial charge in [-0.05, 0) is 12.1 Å². The van der Waals surface area contributed by atoms with Crippen LogP contribution in [0.1, 0.15) is 13.8 Å². The summed E-state index contributed by atoms with van der Waals surface area (Å²) in [6, 6.07) is 4.48. The highest BCUT2D eigenvalue weighted by molar-refractivity contribution is 5.65. The molecule has 1 aromatic carbocycles. The minimum Gasteiger partial charge on any atom is -0.396 e. The Morgan fingerprint density at radius 1 is 1.53 bits per heavy atom. The van der Waals surface area contributed by atoms with Crippen molar-refractivity contribution < 1.29 is 10.0 Å². The van der Waals surface area contributed by atoms with Gasteiger partial charge < -0.3 is 16.2 Å². The van der Waals surface area contributed by atoms with Gasteiger partial charge in [0.25, 0.3) is 5.69 Å². The lowest BCUT2D eigenvalue weighted by Gasteiger charge is -2.22. The first-order valence-corrected chi connectivity index (χ1v) is 5.24. The molecule has 0 aliphatic heterocycles. The van der Waals surface area contributed by atoms with Crippen molar-refractivity contribution in [2.45, 2.75) is 13.8 Å². The third-order valence-electron chi connectivity index (χ3n) is 2.42. The molecule has 0 bridgehead atoms. The predicted molar refractivity (Wildman–Crippen MR) is 66.9 cm³/mol. The van der Waals surface area contributed by atoms with Crippen LogP contribution < -0.4 is 11.1 Å². The number of nitrogens with zero attached hydrogens (tertiary/aromatic N) is 1. The van der Waals surface area contributed by atoms with E-state index in [-0.39, 0.29) is 23.4 Å². The van der Waals surface area contributed by atoms with E-state index in [9.17, 15) is 10.1 Å². The first kappa shape index (κ1) is 13.2. The van der Waals surface area contributed by atoms with Crippen LogP contribution in [0.15, 0.2) is 18.2 Å². The Morgan fingerprint density at radius 3 is 2.65 bits per heavy atom. The van der Waals surface area contributed by atoms with E-state index in [1.54, 1.807) is 6.07 Å². The van der Waals surface area contributed by atoms with Crippen molar-refractivity contribution in [1.82, 2.24) is 0 Å². The number of hydrogen-bond acceptors (Lipinski definition) is 5. The highest BCUT2D eigenvalue weighted by atomic mass is 16.6. The molecule has 0 saturated carbocycles. The van der Waals surface area contributed by atoms with E-state index in [2.05, 4.69) is 5.32 Å². The van der Waals surface area contributed by atoms with Crippen LogP contribution >= 0.6 is 0 Å². The Morgan fingerprint density at radius 2 is 2.18 bits per heavy atom. The van der Waals surface area contributed by atoms with Crippen LogP contribution in [-0.2, 0) is 0 Å². The molecule has 0 aliphatic carbocycles. The van der Waals surface area contributed by atoms with Gasteiger partial charge in [-0.3, -0.25) is 10.1 Å². The molecule has 0 aliphatic rings. The molecule has 0 saturated heterocycles. The second-order valence-corrected chi connectivity index (χ2v) is 4.71. The summed E-state index contributed by atoms with van der Waals surface area (Å²) in [4.78, 5) is 10.1. The van der Waals surface area contributed by atoms with Crippen molar-refractivity contribution in [2.75, 3.05) is 24.2 Å². The summed E-state index contributed by atoms with van der Waals surface area (Å²) in [7, 11) is 0. The molecule has 94 valence electrons. The smallest absolute Gasteiger partial charge is 0.292 e. The molecule has 1 aromatic rings. The fraction of sp³-hybridized carbons (Fsp3) is 0.455. The number of nitrogens with two attached hydrogens (primary N) is 1. The van der Waals surface area contributed by atoms with E-state index >= 15 is 0 Å². The van der Waals surface area contributed by atoms with Crippen LogP contribution in [0.5, 0.6) is 0 Å². The van der Waals surface area contributed by atoms with Crippen molar-refractivity contribution in [2.24, 2.45) is 5.41 Å². The van der Waals surface area contributed by atoms with E-state index < -0.39 is 4.92 Å². The monoisotopic (exact) mass is 239 g/mol. The van der Waals surface area contributed by atoms with Gasteiger partial charge in [0.1, 0.15) is 5.69 Å². The lowest BCUT2D eigenvalue weighted by Crippen LogP contribution is -2.26. The molecule has 0 atom stereocenters.